The molecule has 3 aromatic heterocycles. The van der Waals surface area contributed by atoms with E-state index in [1.807, 2.05) is 6.07 Å². The van der Waals surface area contributed by atoms with Crippen molar-refractivity contribution < 1.29 is 27.8 Å². The predicted octanol–water partition coefficient (Wildman–Crippen LogP) is 5.75. The van der Waals surface area contributed by atoms with Gasteiger partial charge in [0.05, 0.1) is 17.5 Å². The number of aryl methyl sites for hydroxylation is 1. The van der Waals surface area contributed by atoms with Crippen LogP contribution in [0.15, 0.2) is 36.8 Å². The van der Waals surface area contributed by atoms with Crippen LogP contribution < -0.4 is 4.90 Å². The highest BCUT2D eigenvalue weighted by Crippen LogP contribution is 2.30. The summed E-state index contributed by atoms with van der Waals surface area (Å²) < 4.78 is 42.6. The first-order valence-electron chi connectivity index (χ1n) is 10.7. The Kier molecular flexibility index (Phi) is 7.11. The molecule has 0 radical (unpaired) electrons. The van der Waals surface area contributed by atoms with Crippen LogP contribution in [-0.2, 0) is 4.74 Å². The van der Waals surface area contributed by atoms with E-state index in [0.717, 1.165) is 16.3 Å². The van der Waals surface area contributed by atoms with Gasteiger partial charge in [-0.2, -0.15) is 13.2 Å². The van der Waals surface area contributed by atoms with E-state index in [0.29, 0.717) is 17.1 Å². The second kappa shape index (κ2) is 9.54. The summed E-state index contributed by atoms with van der Waals surface area (Å²) in [5, 5.41) is 11.6. The number of aliphatic hydroxyl groups excluding tert-OH is 1. The average Bonchev–Trinajstić information content (AvgIpc) is 2.74. The number of carbonyl (C=O) groups is 1. The van der Waals surface area contributed by atoms with E-state index >= 15 is 0 Å². The Balaban J connectivity index is 1.82. The molecule has 0 fully saturated rings. The van der Waals surface area contributed by atoms with E-state index in [-0.39, 0.29) is 5.69 Å². The quantitative estimate of drug-likeness (QED) is 0.505. The topological polar surface area (TPSA) is 88.4 Å². The minimum atomic E-state index is -4.33. The molecule has 0 bridgehead atoms. The molecule has 1 unspecified atom stereocenters. The number of rotatable bonds is 5. The van der Waals surface area contributed by atoms with Crippen LogP contribution in [0.2, 0.25) is 0 Å². The second-order valence-corrected chi connectivity index (χ2v) is 9.09. The summed E-state index contributed by atoms with van der Waals surface area (Å²) in [5.74, 6) is 0.409. The molecule has 3 aromatic rings. The van der Waals surface area contributed by atoms with Crippen molar-refractivity contribution in [2.45, 2.75) is 58.4 Å². The zero-order valence-corrected chi connectivity index (χ0v) is 19.6. The van der Waals surface area contributed by atoms with Crippen LogP contribution in [-0.4, -0.2) is 45.0 Å². The number of pyridine rings is 3. The van der Waals surface area contributed by atoms with E-state index in [4.69, 9.17) is 4.74 Å². The molecule has 1 amide bonds. The van der Waals surface area contributed by atoms with Crippen LogP contribution in [0.25, 0.3) is 22.0 Å². The zero-order valence-electron chi connectivity index (χ0n) is 19.6. The van der Waals surface area contributed by atoms with Crippen LogP contribution in [0.5, 0.6) is 0 Å². The van der Waals surface area contributed by atoms with E-state index < -0.39 is 36.8 Å². The van der Waals surface area contributed by atoms with Gasteiger partial charge in [0.2, 0.25) is 0 Å². The van der Waals surface area contributed by atoms with Crippen molar-refractivity contribution in [3.63, 3.8) is 0 Å². The largest absolute Gasteiger partial charge is 0.443 e. The van der Waals surface area contributed by atoms with Crippen molar-refractivity contribution >= 4 is 22.7 Å². The summed E-state index contributed by atoms with van der Waals surface area (Å²) in [6, 6.07) is 5.10. The van der Waals surface area contributed by atoms with Gasteiger partial charge in [-0.1, -0.05) is 0 Å². The van der Waals surface area contributed by atoms with Crippen molar-refractivity contribution in [1.29, 1.82) is 0 Å². The summed E-state index contributed by atoms with van der Waals surface area (Å²) in [4.78, 5) is 26.6. The van der Waals surface area contributed by atoms with Crippen LogP contribution in [0.1, 0.15) is 51.0 Å². The molecule has 0 spiro atoms. The number of hydrogen-bond donors (Lipinski definition) is 1. The van der Waals surface area contributed by atoms with Gasteiger partial charge < -0.3 is 9.84 Å². The minimum Gasteiger partial charge on any atom is -0.443 e. The lowest BCUT2D eigenvalue weighted by Crippen LogP contribution is -2.34. The lowest BCUT2D eigenvalue weighted by atomic mass is 10.0. The monoisotopic (exact) mass is 476 g/mol. The Hall–Kier alpha value is -3.27. The summed E-state index contributed by atoms with van der Waals surface area (Å²) >= 11 is 0. The third-order valence-electron chi connectivity index (χ3n) is 5.05. The van der Waals surface area contributed by atoms with E-state index in [1.165, 1.54) is 11.1 Å². The van der Waals surface area contributed by atoms with Crippen LogP contribution in [0.3, 0.4) is 0 Å². The van der Waals surface area contributed by atoms with Gasteiger partial charge in [0, 0.05) is 48.4 Å². The number of nitrogens with zero attached hydrogens (tertiary/aromatic N) is 4. The number of fused-ring (bicyclic) bond motifs is 1. The van der Waals surface area contributed by atoms with Crippen molar-refractivity contribution in [2.75, 3.05) is 11.9 Å². The van der Waals surface area contributed by atoms with Crippen molar-refractivity contribution in [1.82, 2.24) is 15.0 Å². The molecule has 182 valence electrons. The summed E-state index contributed by atoms with van der Waals surface area (Å²) in [5.41, 5.74) is 1.56. The molecule has 0 aromatic carbocycles. The van der Waals surface area contributed by atoms with Crippen molar-refractivity contribution in [3.05, 3.63) is 48.0 Å². The molecule has 3 rings (SSSR count). The number of carbonyl (C=O) groups excluding carboxylic acids is 1. The van der Waals surface area contributed by atoms with E-state index in [2.05, 4.69) is 15.0 Å². The summed E-state index contributed by atoms with van der Waals surface area (Å²) in [7, 11) is 1.57. The maximum Gasteiger partial charge on any atom is 0.415 e. The summed E-state index contributed by atoms with van der Waals surface area (Å²) in [6.07, 6.45) is -2.93. The maximum absolute atomic E-state index is 12.4. The van der Waals surface area contributed by atoms with Gasteiger partial charge in [-0.25, -0.2) is 9.78 Å². The molecule has 0 aliphatic heterocycles. The highest BCUT2D eigenvalue weighted by atomic mass is 19.4. The van der Waals surface area contributed by atoms with Gasteiger partial charge in [0.1, 0.15) is 11.4 Å². The Labute approximate surface area is 195 Å². The molecule has 1 N–H and O–H groups in total. The van der Waals surface area contributed by atoms with Gasteiger partial charge in [0.25, 0.3) is 0 Å². The van der Waals surface area contributed by atoms with Crippen molar-refractivity contribution in [2.24, 2.45) is 0 Å². The molecule has 0 saturated carbocycles. The zero-order chi connectivity index (χ0) is 25.3. The molecule has 0 saturated heterocycles. The fourth-order valence-corrected chi connectivity index (χ4v) is 3.26. The fourth-order valence-electron chi connectivity index (χ4n) is 3.26. The van der Waals surface area contributed by atoms with Crippen LogP contribution in [0.4, 0.5) is 23.8 Å². The number of ether oxygens (including phenoxy) is 1. The standard InChI is InChI=1S/C24H27F3N4O3/c1-14-8-19(20(32)6-7-24(25,26)27)29-13-17(14)18-9-15-12-30-21(10-16(15)11-28-18)31(5)22(33)34-23(2,3)4/h8-13,20,32H,6-7H2,1-5H3. The third kappa shape index (κ3) is 6.40. The molecule has 3 heterocycles. The van der Waals surface area contributed by atoms with E-state index in [1.54, 1.807) is 59.3 Å². The van der Waals surface area contributed by atoms with Crippen molar-refractivity contribution in [3.8, 4) is 11.3 Å². The highest BCUT2D eigenvalue weighted by molar-refractivity contribution is 5.91. The number of aromatic nitrogens is 3. The highest BCUT2D eigenvalue weighted by Gasteiger charge is 2.28. The van der Waals surface area contributed by atoms with Gasteiger partial charge in [-0.3, -0.25) is 14.9 Å². The molecule has 7 nitrogen and oxygen atoms in total. The molecule has 34 heavy (non-hydrogen) atoms. The Bertz CT molecular complexity index is 1190. The van der Waals surface area contributed by atoms with Crippen LogP contribution >= 0.6 is 0 Å². The smallest absolute Gasteiger partial charge is 0.415 e. The Morgan fingerprint density at radius 2 is 1.71 bits per heavy atom. The van der Waals surface area contributed by atoms with Gasteiger partial charge >= 0.3 is 12.3 Å². The number of aliphatic hydroxyl groups is 1. The number of amides is 1. The first-order chi connectivity index (χ1) is 15.7. The molecular weight excluding hydrogens is 449 g/mol. The SMILES string of the molecule is Cc1cc(C(O)CCC(F)(F)F)ncc1-c1cc2cnc(N(C)C(=O)OC(C)(C)C)cc2cn1. The second-order valence-electron chi connectivity index (χ2n) is 9.09. The fraction of sp³-hybridized carbons (Fsp3) is 0.417. The van der Waals surface area contributed by atoms with Gasteiger partial charge in [-0.15, -0.1) is 0 Å². The first-order valence-corrected chi connectivity index (χ1v) is 10.7. The Morgan fingerprint density at radius 3 is 2.32 bits per heavy atom. The predicted molar refractivity (Wildman–Crippen MR) is 122 cm³/mol. The van der Waals surface area contributed by atoms with Gasteiger partial charge in [-0.05, 0) is 57.9 Å². The lowest BCUT2D eigenvalue weighted by Gasteiger charge is -2.24. The minimum absolute atomic E-state index is 0.183. The number of halogens is 3. The first kappa shape index (κ1) is 25.4. The maximum atomic E-state index is 12.4. The molecule has 0 aliphatic rings. The van der Waals surface area contributed by atoms with Gasteiger partial charge in [0.15, 0.2) is 0 Å². The summed E-state index contributed by atoms with van der Waals surface area (Å²) in [6.45, 7) is 7.12. The number of alkyl halides is 3. The molecule has 1 atom stereocenters. The lowest BCUT2D eigenvalue weighted by molar-refractivity contribution is -0.140. The number of hydrogen-bond acceptors (Lipinski definition) is 6. The molecular formula is C24H27F3N4O3. The third-order valence-corrected chi connectivity index (χ3v) is 5.05. The molecule has 0 aliphatic carbocycles. The molecule has 10 heteroatoms. The van der Waals surface area contributed by atoms with Crippen LogP contribution in [0, 0.1) is 6.92 Å². The number of anilines is 1. The normalized spacial score (nSPS) is 13.1. The van der Waals surface area contributed by atoms with E-state index in [9.17, 15) is 23.1 Å². The average molecular weight is 476 g/mol. The Morgan fingerprint density at radius 1 is 1.06 bits per heavy atom.